The number of ketones is 1. The molecule has 2 heterocycles. The van der Waals surface area contributed by atoms with Gasteiger partial charge in [0.15, 0.2) is 5.78 Å². The van der Waals surface area contributed by atoms with Gasteiger partial charge in [0.1, 0.15) is 5.82 Å². The number of fused-ring (bicyclic) bond motifs is 1. The van der Waals surface area contributed by atoms with E-state index in [0.29, 0.717) is 36.6 Å². The van der Waals surface area contributed by atoms with Crippen LogP contribution in [0.4, 0.5) is 5.82 Å². The molecule has 2 aliphatic carbocycles. The predicted molar refractivity (Wildman–Crippen MR) is 109 cm³/mol. The standard InChI is InChI=1S/C21H28N6O2/c1-4-14-17-15(9-21(2,3)10-16(17)28)27(26-14)20-23-11-13(18(22)29)19(25-20)24-12-7-5-6-8-12/h11-12H,4-10H2,1-3H3,(H2,22,29)(H,23,24,25). The number of aryl methyl sites for hydroxylation is 1. The largest absolute Gasteiger partial charge is 0.367 e. The molecule has 2 aromatic heterocycles. The fourth-order valence-electron chi connectivity index (χ4n) is 4.47. The van der Waals surface area contributed by atoms with Gasteiger partial charge in [-0.3, -0.25) is 9.59 Å². The Balaban J connectivity index is 1.81. The van der Waals surface area contributed by atoms with Crippen LogP contribution < -0.4 is 11.1 Å². The molecule has 0 unspecified atom stereocenters. The molecular formula is C21H28N6O2. The third kappa shape index (κ3) is 3.63. The van der Waals surface area contributed by atoms with Crippen molar-refractivity contribution in [1.82, 2.24) is 19.7 Å². The Hall–Kier alpha value is -2.77. The van der Waals surface area contributed by atoms with Gasteiger partial charge in [-0.25, -0.2) is 9.67 Å². The maximum Gasteiger partial charge on any atom is 0.254 e. The second kappa shape index (κ2) is 7.24. The first-order chi connectivity index (χ1) is 13.8. The SMILES string of the molecule is CCc1nn(-c2ncc(C(N)=O)c(NC3CCCC3)n2)c2c1C(=O)CC(C)(C)C2. The number of carbonyl (C=O) groups is 2. The third-order valence-electron chi connectivity index (χ3n) is 5.88. The highest BCUT2D eigenvalue weighted by atomic mass is 16.1. The van der Waals surface area contributed by atoms with Crippen molar-refractivity contribution in [2.75, 3.05) is 5.32 Å². The van der Waals surface area contributed by atoms with E-state index in [-0.39, 0.29) is 22.8 Å². The molecule has 4 rings (SSSR count). The lowest BCUT2D eigenvalue weighted by Gasteiger charge is -2.29. The smallest absolute Gasteiger partial charge is 0.254 e. The molecule has 0 spiro atoms. The summed E-state index contributed by atoms with van der Waals surface area (Å²) in [4.78, 5) is 33.7. The highest BCUT2D eigenvalue weighted by Crippen LogP contribution is 2.37. The maximum atomic E-state index is 12.8. The van der Waals surface area contributed by atoms with Crippen molar-refractivity contribution >= 4 is 17.5 Å². The molecule has 1 saturated carbocycles. The molecule has 8 nitrogen and oxygen atoms in total. The summed E-state index contributed by atoms with van der Waals surface area (Å²) >= 11 is 0. The minimum atomic E-state index is -0.565. The van der Waals surface area contributed by atoms with Gasteiger partial charge in [0.2, 0.25) is 0 Å². The van der Waals surface area contributed by atoms with Gasteiger partial charge in [-0.15, -0.1) is 0 Å². The van der Waals surface area contributed by atoms with Crippen LogP contribution in [0, 0.1) is 5.41 Å². The molecule has 2 aliphatic rings. The second-order valence-electron chi connectivity index (χ2n) is 8.90. The van der Waals surface area contributed by atoms with Crippen LogP contribution in [0.25, 0.3) is 5.95 Å². The molecule has 0 atom stereocenters. The molecule has 3 N–H and O–H groups in total. The summed E-state index contributed by atoms with van der Waals surface area (Å²) in [6.07, 6.45) is 7.73. The molecule has 0 saturated heterocycles. The number of nitrogens with zero attached hydrogens (tertiary/aromatic N) is 4. The van der Waals surface area contributed by atoms with E-state index in [1.54, 1.807) is 4.68 Å². The molecule has 1 amide bonds. The van der Waals surface area contributed by atoms with Crippen molar-refractivity contribution in [3.8, 4) is 5.95 Å². The van der Waals surface area contributed by atoms with Crippen LogP contribution in [0.3, 0.4) is 0 Å². The van der Waals surface area contributed by atoms with Crippen LogP contribution in [0.5, 0.6) is 0 Å². The lowest BCUT2D eigenvalue weighted by atomic mass is 9.75. The average Bonchev–Trinajstić information content (AvgIpc) is 3.28. The van der Waals surface area contributed by atoms with E-state index in [1.165, 1.54) is 6.20 Å². The van der Waals surface area contributed by atoms with Crippen molar-refractivity contribution in [2.24, 2.45) is 11.1 Å². The van der Waals surface area contributed by atoms with E-state index in [2.05, 4.69) is 34.2 Å². The summed E-state index contributed by atoms with van der Waals surface area (Å²) in [5.74, 6) is 0.359. The van der Waals surface area contributed by atoms with Crippen LogP contribution >= 0.6 is 0 Å². The summed E-state index contributed by atoms with van der Waals surface area (Å²) in [6, 6.07) is 0.272. The van der Waals surface area contributed by atoms with Gasteiger partial charge >= 0.3 is 0 Å². The summed E-state index contributed by atoms with van der Waals surface area (Å²) in [5.41, 5.74) is 7.99. The maximum absolute atomic E-state index is 12.8. The molecule has 1 fully saturated rings. The topological polar surface area (TPSA) is 116 Å². The minimum absolute atomic E-state index is 0.123. The summed E-state index contributed by atoms with van der Waals surface area (Å²) in [7, 11) is 0. The Morgan fingerprint density at radius 3 is 2.69 bits per heavy atom. The Morgan fingerprint density at radius 2 is 2.03 bits per heavy atom. The van der Waals surface area contributed by atoms with Crippen LogP contribution in [0.15, 0.2) is 6.20 Å². The number of amides is 1. The van der Waals surface area contributed by atoms with E-state index >= 15 is 0 Å². The monoisotopic (exact) mass is 396 g/mol. The van der Waals surface area contributed by atoms with Gasteiger partial charge in [0.05, 0.1) is 22.5 Å². The van der Waals surface area contributed by atoms with Gasteiger partial charge in [-0.05, 0) is 31.1 Å². The fraction of sp³-hybridized carbons (Fsp3) is 0.571. The van der Waals surface area contributed by atoms with E-state index in [1.807, 2.05) is 6.92 Å². The van der Waals surface area contributed by atoms with Gasteiger partial charge in [0.25, 0.3) is 11.9 Å². The van der Waals surface area contributed by atoms with E-state index in [0.717, 1.165) is 37.1 Å². The molecule has 0 aromatic carbocycles. The summed E-state index contributed by atoms with van der Waals surface area (Å²) in [5, 5.41) is 8.04. The lowest BCUT2D eigenvalue weighted by molar-refractivity contribution is 0.0909. The van der Waals surface area contributed by atoms with Crippen LogP contribution in [-0.4, -0.2) is 37.5 Å². The van der Waals surface area contributed by atoms with Gasteiger partial charge in [-0.2, -0.15) is 10.1 Å². The number of hydrogen-bond donors (Lipinski definition) is 2. The molecule has 0 bridgehead atoms. The number of carbonyl (C=O) groups excluding carboxylic acids is 2. The molecule has 29 heavy (non-hydrogen) atoms. The molecule has 2 aromatic rings. The van der Waals surface area contributed by atoms with E-state index in [9.17, 15) is 9.59 Å². The molecule has 8 heteroatoms. The zero-order chi connectivity index (χ0) is 20.8. The first kappa shape index (κ1) is 19.5. The average molecular weight is 396 g/mol. The van der Waals surface area contributed by atoms with Crippen molar-refractivity contribution in [2.45, 2.75) is 71.8 Å². The Bertz CT molecular complexity index is 972. The first-order valence-corrected chi connectivity index (χ1v) is 10.4. The van der Waals surface area contributed by atoms with Gasteiger partial charge < -0.3 is 11.1 Å². The molecule has 0 aliphatic heterocycles. The van der Waals surface area contributed by atoms with Crippen molar-refractivity contribution in [3.63, 3.8) is 0 Å². The minimum Gasteiger partial charge on any atom is -0.367 e. The summed E-state index contributed by atoms with van der Waals surface area (Å²) in [6.45, 7) is 6.16. The van der Waals surface area contributed by atoms with Crippen molar-refractivity contribution in [1.29, 1.82) is 0 Å². The number of anilines is 1. The highest BCUT2D eigenvalue weighted by molar-refractivity contribution is 6.00. The Kier molecular flexibility index (Phi) is 4.88. The summed E-state index contributed by atoms with van der Waals surface area (Å²) < 4.78 is 1.68. The first-order valence-electron chi connectivity index (χ1n) is 10.4. The number of aromatic nitrogens is 4. The number of Topliss-reactive ketones (excluding diaryl/α,β-unsaturated/α-hetero) is 1. The third-order valence-corrected chi connectivity index (χ3v) is 5.88. The van der Waals surface area contributed by atoms with Crippen molar-refractivity contribution in [3.05, 3.63) is 28.7 Å². The zero-order valence-electron chi connectivity index (χ0n) is 17.3. The lowest BCUT2D eigenvalue weighted by Crippen LogP contribution is -2.29. The van der Waals surface area contributed by atoms with E-state index < -0.39 is 5.91 Å². The highest BCUT2D eigenvalue weighted by Gasteiger charge is 2.37. The number of primary amides is 1. The van der Waals surface area contributed by atoms with Crippen molar-refractivity contribution < 1.29 is 9.59 Å². The van der Waals surface area contributed by atoms with Crippen LogP contribution in [0.2, 0.25) is 0 Å². The fourth-order valence-corrected chi connectivity index (χ4v) is 4.47. The van der Waals surface area contributed by atoms with Crippen LogP contribution in [0.1, 0.15) is 85.0 Å². The number of rotatable bonds is 5. The van der Waals surface area contributed by atoms with Gasteiger partial charge in [0, 0.05) is 18.7 Å². The number of nitrogens with one attached hydrogen (secondary N) is 1. The molecule has 154 valence electrons. The Morgan fingerprint density at radius 1 is 1.31 bits per heavy atom. The zero-order valence-corrected chi connectivity index (χ0v) is 17.3. The molecular weight excluding hydrogens is 368 g/mol. The molecule has 0 radical (unpaired) electrons. The second-order valence-corrected chi connectivity index (χ2v) is 8.90. The predicted octanol–water partition coefficient (Wildman–Crippen LogP) is 2.83. The van der Waals surface area contributed by atoms with E-state index in [4.69, 9.17) is 5.73 Å². The number of hydrogen-bond acceptors (Lipinski definition) is 6. The normalized spacial score (nSPS) is 18.7. The Labute approximate surface area is 170 Å². The number of nitrogens with two attached hydrogens (primary N) is 1. The van der Waals surface area contributed by atoms with Gasteiger partial charge in [-0.1, -0.05) is 33.6 Å². The van der Waals surface area contributed by atoms with Crippen LogP contribution in [-0.2, 0) is 12.8 Å². The quantitative estimate of drug-likeness (QED) is 0.803.